The first-order chi connectivity index (χ1) is 15.1. The van der Waals surface area contributed by atoms with Crippen LogP contribution in [0.4, 0.5) is 10.2 Å². The fourth-order valence-corrected chi connectivity index (χ4v) is 4.50. The van der Waals surface area contributed by atoms with Crippen molar-refractivity contribution in [1.82, 2.24) is 24.7 Å². The van der Waals surface area contributed by atoms with Crippen LogP contribution in [0.25, 0.3) is 22.4 Å². The lowest BCUT2D eigenvalue weighted by Crippen LogP contribution is -2.51. The summed E-state index contributed by atoms with van der Waals surface area (Å²) in [5.74, 6) is 0.817. The van der Waals surface area contributed by atoms with E-state index in [1.165, 1.54) is 12.1 Å². The van der Waals surface area contributed by atoms with Crippen LogP contribution < -0.4 is 5.43 Å². The normalized spacial score (nSPS) is 17.3. The molecule has 1 N–H and O–H groups in total. The largest absolute Gasteiger partial charge is 0.343 e. The molecular weight excluding hydrogens is 395 g/mol. The van der Waals surface area contributed by atoms with E-state index in [0.717, 1.165) is 67.2 Å². The number of hydrogen-bond acceptors (Lipinski definition) is 5. The topological polar surface area (TPSA) is 66.3 Å². The van der Waals surface area contributed by atoms with E-state index in [9.17, 15) is 9.18 Å². The fraction of sp³-hybridized carbons (Fsp3) is 0.348. The van der Waals surface area contributed by atoms with Crippen molar-refractivity contribution in [2.45, 2.75) is 32.4 Å². The predicted octanol–water partition coefficient (Wildman–Crippen LogP) is 3.40. The highest BCUT2D eigenvalue weighted by Gasteiger charge is 2.31. The molecule has 1 amide bonds. The number of hydrogen-bond donors (Lipinski definition) is 1. The monoisotopic (exact) mass is 420 g/mol. The number of carbonyl (C=O) groups is 1. The minimum Gasteiger partial charge on any atom is -0.343 e. The maximum atomic E-state index is 13.5. The molecule has 2 aliphatic rings. The third-order valence-electron chi connectivity index (χ3n) is 6.19. The van der Waals surface area contributed by atoms with Gasteiger partial charge in [-0.2, -0.15) is 5.10 Å². The highest BCUT2D eigenvalue weighted by Crippen LogP contribution is 2.39. The zero-order chi connectivity index (χ0) is 21.4. The van der Waals surface area contributed by atoms with Gasteiger partial charge in [-0.1, -0.05) is 0 Å². The molecule has 2 aliphatic heterocycles. The van der Waals surface area contributed by atoms with Crippen molar-refractivity contribution in [2.24, 2.45) is 0 Å². The summed E-state index contributed by atoms with van der Waals surface area (Å²) in [7, 11) is 0. The summed E-state index contributed by atoms with van der Waals surface area (Å²) in [6, 6.07) is 10.8. The van der Waals surface area contributed by atoms with Crippen LogP contribution in [0, 0.1) is 5.82 Å². The summed E-state index contributed by atoms with van der Waals surface area (Å²) in [6.07, 6.45) is 5.42. The average Bonchev–Trinajstić information content (AvgIpc) is 3.19. The van der Waals surface area contributed by atoms with Gasteiger partial charge < -0.3 is 10.3 Å². The van der Waals surface area contributed by atoms with E-state index >= 15 is 0 Å². The Kier molecular flexibility index (Phi) is 5.15. The number of likely N-dealkylation sites (tertiary alicyclic amines) is 1. The number of rotatable bonds is 3. The maximum absolute atomic E-state index is 13.5. The Labute approximate surface area is 180 Å². The molecule has 5 rings (SSSR count). The highest BCUT2D eigenvalue weighted by atomic mass is 19.1. The Bertz CT molecular complexity index is 1070. The molecule has 1 aromatic carbocycles. The summed E-state index contributed by atoms with van der Waals surface area (Å²) < 4.78 is 15.5. The van der Waals surface area contributed by atoms with Crippen molar-refractivity contribution >= 4 is 11.7 Å². The molecule has 0 bridgehead atoms. The number of hydrazine groups is 1. The lowest BCUT2D eigenvalue weighted by atomic mass is 10.0. The van der Waals surface area contributed by atoms with Crippen molar-refractivity contribution in [1.29, 1.82) is 0 Å². The number of nitrogens with zero attached hydrogens (tertiary/aromatic N) is 5. The van der Waals surface area contributed by atoms with Gasteiger partial charge >= 0.3 is 0 Å². The van der Waals surface area contributed by atoms with E-state index in [4.69, 9.17) is 5.10 Å². The average molecular weight is 420 g/mol. The number of amides is 1. The van der Waals surface area contributed by atoms with Crippen molar-refractivity contribution < 1.29 is 9.18 Å². The molecule has 7 nitrogen and oxygen atoms in total. The second-order valence-corrected chi connectivity index (χ2v) is 8.08. The molecule has 2 aromatic heterocycles. The fourth-order valence-electron chi connectivity index (χ4n) is 4.50. The van der Waals surface area contributed by atoms with Gasteiger partial charge in [0.2, 0.25) is 5.91 Å². The molecule has 0 aliphatic carbocycles. The number of anilines is 1. The Hall–Kier alpha value is -3.26. The van der Waals surface area contributed by atoms with Crippen molar-refractivity contribution in [3.8, 4) is 22.4 Å². The summed E-state index contributed by atoms with van der Waals surface area (Å²) in [5.41, 5.74) is 7.31. The summed E-state index contributed by atoms with van der Waals surface area (Å²) in [5, 5.41) is 7.16. The number of benzene rings is 1. The molecule has 0 saturated carbocycles. The molecule has 160 valence electrons. The third-order valence-corrected chi connectivity index (χ3v) is 6.19. The van der Waals surface area contributed by atoms with Gasteiger partial charge in [-0.05, 0) is 54.8 Å². The second-order valence-electron chi connectivity index (χ2n) is 8.08. The van der Waals surface area contributed by atoms with Crippen molar-refractivity contribution in [3.05, 3.63) is 54.6 Å². The molecule has 0 radical (unpaired) electrons. The van der Waals surface area contributed by atoms with Gasteiger partial charge in [0.05, 0.1) is 12.1 Å². The van der Waals surface area contributed by atoms with E-state index in [-0.39, 0.29) is 11.7 Å². The molecule has 0 atom stereocenters. The van der Waals surface area contributed by atoms with Gasteiger partial charge in [-0.25, -0.2) is 14.1 Å². The van der Waals surface area contributed by atoms with Crippen LogP contribution in [0.2, 0.25) is 0 Å². The first-order valence-corrected chi connectivity index (χ1v) is 10.7. The smallest absolute Gasteiger partial charge is 0.219 e. The summed E-state index contributed by atoms with van der Waals surface area (Å²) in [4.78, 5) is 17.7. The molecular formula is C23H25FN6O. The minimum absolute atomic E-state index is 0.145. The van der Waals surface area contributed by atoms with Crippen LogP contribution in [-0.4, -0.2) is 56.3 Å². The zero-order valence-electron chi connectivity index (χ0n) is 17.5. The summed E-state index contributed by atoms with van der Waals surface area (Å²) >= 11 is 0. The molecule has 31 heavy (non-hydrogen) atoms. The van der Waals surface area contributed by atoms with Crippen molar-refractivity contribution in [2.75, 3.05) is 25.1 Å². The lowest BCUT2D eigenvalue weighted by molar-refractivity contribution is -0.130. The predicted molar refractivity (Wildman–Crippen MR) is 116 cm³/mol. The molecule has 0 unspecified atom stereocenters. The molecule has 4 heterocycles. The van der Waals surface area contributed by atoms with E-state index in [2.05, 4.69) is 15.4 Å². The number of pyridine rings is 1. The summed E-state index contributed by atoms with van der Waals surface area (Å²) in [6.45, 7) is 4.80. The Morgan fingerprint density at radius 2 is 1.71 bits per heavy atom. The zero-order valence-corrected chi connectivity index (χ0v) is 17.5. The van der Waals surface area contributed by atoms with E-state index in [0.29, 0.717) is 6.04 Å². The first-order valence-electron chi connectivity index (χ1n) is 10.7. The quantitative estimate of drug-likeness (QED) is 0.704. The van der Waals surface area contributed by atoms with Gasteiger partial charge in [-0.15, -0.1) is 0 Å². The lowest BCUT2D eigenvalue weighted by Gasteiger charge is -2.40. The number of piperidine rings is 1. The molecule has 3 aromatic rings. The van der Waals surface area contributed by atoms with Crippen molar-refractivity contribution in [3.63, 3.8) is 0 Å². The molecule has 1 fully saturated rings. The SMILES string of the molecule is CC(=O)N1CCC(N2CCn3nc(-c4ccc(F)cc4)c(-c4ccncc4)c3N2)CC1. The van der Waals surface area contributed by atoms with Gasteiger partial charge in [0, 0.05) is 50.6 Å². The third kappa shape index (κ3) is 3.79. The number of fused-ring (bicyclic) bond motifs is 1. The van der Waals surface area contributed by atoms with Crippen LogP contribution in [0.15, 0.2) is 48.8 Å². The molecule has 0 spiro atoms. The van der Waals surface area contributed by atoms with Crippen LogP contribution >= 0.6 is 0 Å². The van der Waals surface area contributed by atoms with E-state index < -0.39 is 0 Å². The van der Waals surface area contributed by atoms with Gasteiger partial charge in [0.25, 0.3) is 0 Å². The highest BCUT2D eigenvalue weighted by molar-refractivity contribution is 5.89. The number of carbonyl (C=O) groups excluding carboxylic acids is 1. The van der Waals surface area contributed by atoms with Crippen LogP contribution in [0.3, 0.4) is 0 Å². The standard InChI is InChI=1S/C23H25FN6O/c1-16(31)28-12-8-20(9-13-28)29-14-15-30-23(27-29)21(17-6-10-25-11-7-17)22(26-30)18-2-4-19(24)5-3-18/h2-7,10-11,20,27H,8-9,12-15H2,1H3. The number of aromatic nitrogens is 3. The molecule has 1 saturated heterocycles. The second kappa shape index (κ2) is 8.11. The van der Waals surface area contributed by atoms with Crippen LogP contribution in [0.5, 0.6) is 0 Å². The van der Waals surface area contributed by atoms with Gasteiger partial charge in [0.15, 0.2) is 0 Å². The van der Waals surface area contributed by atoms with Gasteiger partial charge in [-0.3, -0.25) is 9.78 Å². The van der Waals surface area contributed by atoms with E-state index in [1.54, 1.807) is 31.5 Å². The first kappa shape index (κ1) is 19.7. The van der Waals surface area contributed by atoms with Gasteiger partial charge in [0.1, 0.15) is 17.3 Å². The van der Waals surface area contributed by atoms with Crippen LogP contribution in [0.1, 0.15) is 19.8 Å². The number of halogens is 1. The minimum atomic E-state index is -0.264. The maximum Gasteiger partial charge on any atom is 0.219 e. The molecule has 8 heteroatoms. The number of nitrogens with one attached hydrogen (secondary N) is 1. The Balaban J connectivity index is 1.49. The Morgan fingerprint density at radius 1 is 1.00 bits per heavy atom. The van der Waals surface area contributed by atoms with Crippen LogP contribution in [-0.2, 0) is 11.3 Å². The van der Waals surface area contributed by atoms with E-state index in [1.807, 2.05) is 21.7 Å². The Morgan fingerprint density at radius 3 is 2.39 bits per heavy atom.